The third-order valence-electron chi connectivity index (χ3n) is 14.2. The summed E-state index contributed by atoms with van der Waals surface area (Å²) < 4.78 is 16.9. The molecule has 1 spiro atoms. The van der Waals surface area contributed by atoms with E-state index in [1.807, 2.05) is 24.3 Å². The van der Waals surface area contributed by atoms with Gasteiger partial charge in [0.05, 0.1) is 5.69 Å². The molecule has 0 saturated heterocycles. The van der Waals surface area contributed by atoms with E-state index in [4.69, 9.17) is 0 Å². The first-order chi connectivity index (χ1) is 27.3. The second-order valence-electron chi connectivity index (χ2n) is 18.3. The topological polar surface area (TPSA) is 3.24 Å². The number of anilines is 3. The van der Waals surface area contributed by atoms with Crippen molar-refractivity contribution >= 4 is 27.8 Å². The molecule has 2 heteroatoms. The SMILES string of the molecule is CC(C)(C)c1ccc2c(c1)C1(c3cc(N(c4ccccc4)c4c(F)cccc4-c4ccccc4)cc(-c4ccc5ccccc5c4)c3-2)C2CC3CC(C2)CC1C3. The molecule has 0 heterocycles. The quantitative estimate of drug-likeness (QED) is 0.170. The van der Waals surface area contributed by atoms with Crippen LogP contribution in [0.15, 0.2) is 152 Å². The summed E-state index contributed by atoms with van der Waals surface area (Å²) >= 11 is 0. The average Bonchev–Trinajstić information content (AvgIpc) is 3.50. The highest BCUT2D eigenvalue weighted by molar-refractivity contribution is 6.00. The van der Waals surface area contributed by atoms with E-state index in [1.54, 1.807) is 11.6 Å². The van der Waals surface area contributed by atoms with Crippen LogP contribution in [0.4, 0.5) is 21.5 Å². The highest BCUT2D eigenvalue weighted by atomic mass is 19.1. The molecule has 5 aliphatic carbocycles. The van der Waals surface area contributed by atoms with E-state index < -0.39 is 0 Å². The molecule has 4 fully saturated rings. The lowest BCUT2D eigenvalue weighted by molar-refractivity contribution is -0.0399. The van der Waals surface area contributed by atoms with Gasteiger partial charge in [-0.1, -0.05) is 136 Å². The van der Waals surface area contributed by atoms with Crippen molar-refractivity contribution in [1.82, 2.24) is 0 Å². The van der Waals surface area contributed by atoms with Crippen LogP contribution < -0.4 is 4.90 Å². The molecule has 4 saturated carbocycles. The van der Waals surface area contributed by atoms with Crippen molar-refractivity contribution in [3.05, 3.63) is 174 Å². The lowest BCUT2D eigenvalue weighted by Gasteiger charge is -2.61. The van der Waals surface area contributed by atoms with Crippen molar-refractivity contribution in [3.8, 4) is 33.4 Å². The third kappa shape index (κ3) is 5.04. The number of halogens is 1. The molecule has 0 aliphatic heterocycles. The van der Waals surface area contributed by atoms with Crippen molar-refractivity contribution in [2.45, 2.75) is 63.7 Å². The number of rotatable bonds is 5. The summed E-state index contributed by atoms with van der Waals surface area (Å²) in [5, 5.41) is 2.47. The van der Waals surface area contributed by atoms with Gasteiger partial charge in [0.15, 0.2) is 0 Å². The van der Waals surface area contributed by atoms with Gasteiger partial charge in [0.1, 0.15) is 5.82 Å². The zero-order chi connectivity index (χ0) is 37.8. The number of para-hydroxylation sites is 2. The van der Waals surface area contributed by atoms with Crippen molar-refractivity contribution < 1.29 is 4.39 Å². The lowest BCUT2D eigenvalue weighted by atomic mass is 9.43. The first-order valence-corrected chi connectivity index (χ1v) is 20.8. The van der Waals surface area contributed by atoms with Gasteiger partial charge in [0.2, 0.25) is 0 Å². The average molecular weight is 730 g/mol. The summed E-state index contributed by atoms with van der Waals surface area (Å²) in [6.45, 7) is 7.07. The molecular formula is C54H48FN. The minimum Gasteiger partial charge on any atom is -0.307 e. The lowest BCUT2D eigenvalue weighted by Crippen LogP contribution is -2.55. The van der Waals surface area contributed by atoms with Crippen molar-refractivity contribution in [3.63, 3.8) is 0 Å². The number of hydrogen-bond donors (Lipinski definition) is 0. The van der Waals surface area contributed by atoms with Crippen LogP contribution in [0.3, 0.4) is 0 Å². The number of fused-ring (bicyclic) bond motifs is 4. The van der Waals surface area contributed by atoms with Crippen molar-refractivity contribution in [2.75, 3.05) is 4.90 Å². The monoisotopic (exact) mass is 729 g/mol. The van der Waals surface area contributed by atoms with Gasteiger partial charge in [-0.2, -0.15) is 0 Å². The van der Waals surface area contributed by atoms with Crippen LogP contribution in [0, 0.1) is 29.5 Å². The standard InChI is InChI=1S/C54H48FN/c1-53(2,3)40-23-24-46-48(31-40)54(41-26-34-25-35(28-41)29-42(54)27-34)49-33-44(32-47(51(46)49)39-22-21-36-13-10-11-16-38(36)30-39)56(43-17-8-5-9-18-43)52-45(19-12-20-50(52)55)37-14-6-4-7-15-37/h4-24,30-35,41-42H,25-29H2,1-3H3. The Labute approximate surface area is 330 Å². The zero-order valence-electron chi connectivity index (χ0n) is 32.6. The van der Waals surface area contributed by atoms with Crippen molar-refractivity contribution in [1.29, 1.82) is 0 Å². The van der Waals surface area contributed by atoms with E-state index in [-0.39, 0.29) is 16.6 Å². The van der Waals surface area contributed by atoms with Crippen LogP contribution in [-0.4, -0.2) is 0 Å². The van der Waals surface area contributed by atoms with Gasteiger partial charge in [0, 0.05) is 22.4 Å². The molecule has 7 aromatic carbocycles. The summed E-state index contributed by atoms with van der Waals surface area (Å²) in [4.78, 5) is 2.22. The molecule has 56 heavy (non-hydrogen) atoms. The van der Waals surface area contributed by atoms with Crippen molar-refractivity contribution in [2.24, 2.45) is 23.7 Å². The minimum atomic E-state index is -0.231. The molecule has 5 aliphatic rings. The fraction of sp³-hybridized carbons (Fsp3) is 0.259. The zero-order valence-corrected chi connectivity index (χ0v) is 32.6. The normalized spacial score (nSPS) is 23.1. The first kappa shape index (κ1) is 33.8. The van der Waals surface area contributed by atoms with E-state index >= 15 is 4.39 Å². The van der Waals surface area contributed by atoms with E-state index in [2.05, 4.69) is 147 Å². The van der Waals surface area contributed by atoms with Crippen LogP contribution in [0.1, 0.15) is 69.6 Å². The van der Waals surface area contributed by atoms with Crippen LogP contribution in [0.5, 0.6) is 0 Å². The Hall–Kier alpha value is -5.47. The van der Waals surface area contributed by atoms with E-state index in [9.17, 15) is 0 Å². The van der Waals surface area contributed by atoms with E-state index in [0.29, 0.717) is 17.5 Å². The molecule has 0 amide bonds. The predicted molar refractivity (Wildman–Crippen MR) is 231 cm³/mol. The molecule has 0 atom stereocenters. The fourth-order valence-corrected chi connectivity index (χ4v) is 12.1. The van der Waals surface area contributed by atoms with Crippen LogP contribution >= 0.6 is 0 Å². The molecule has 0 radical (unpaired) electrons. The predicted octanol–water partition coefficient (Wildman–Crippen LogP) is 14.8. The Morgan fingerprint density at radius 3 is 1.91 bits per heavy atom. The molecule has 0 unspecified atom stereocenters. The third-order valence-corrected chi connectivity index (χ3v) is 14.2. The fourth-order valence-electron chi connectivity index (χ4n) is 12.1. The molecule has 1 nitrogen and oxygen atoms in total. The second kappa shape index (κ2) is 12.5. The summed E-state index contributed by atoms with van der Waals surface area (Å²) in [6.07, 6.45) is 6.61. The maximum atomic E-state index is 16.9. The molecule has 12 rings (SSSR count). The Bertz CT molecular complexity index is 2620. The summed E-state index contributed by atoms with van der Waals surface area (Å²) in [6, 6.07) is 54.4. The molecule has 4 bridgehead atoms. The van der Waals surface area contributed by atoms with Crippen LogP contribution in [0.2, 0.25) is 0 Å². The Morgan fingerprint density at radius 1 is 0.518 bits per heavy atom. The van der Waals surface area contributed by atoms with E-state index in [1.165, 1.54) is 76.3 Å². The first-order valence-electron chi connectivity index (χ1n) is 20.8. The molecule has 0 aromatic heterocycles. The van der Waals surface area contributed by atoms with Gasteiger partial charge >= 0.3 is 0 Å². The molecule has 276 valence electrons. The van der Waals surface area contributed by atoms with Gasteiger partial charge in [-0.25, -0.2) is 4.39 Å². The van der Waals surface area contributed by atoms with Crippen LogP contribution in [-0.2, 0) is 10.8 Å². The number of hydrogen-bond acceptors (Lipinski definition) is 1. The summed E-state index contributed by atoms with van der Waals surface area (Å²) in [5.41, 5.74) is 14.0. The highest BCUT2D eigenvalue weighted by Crippen LogP contribution is 2.71. The molecule has 7 aromatic rings. The highest BCUT2D eigenvalue weighted by Gasteiger charge is 2.62. The largest absolute Gasteiger partial charge is 0.307 e. The summed E-state index contributed by atoms with van der Waals surface area (Å²) in [5.74, 6) is 2.61. The maximum Gasteiger partial charge on any atom is 0.147 e. The number of benzene rings is 7. The van der Waals surface area contributed by atoms with Gasteiger partial charge in [-0.05, 0) is 153 Å². The molecule has 0 N–H and O–H groups in total. The van der Waals surface area contributed by atoms with Crippen LogP contribution in [0.25, 0.3) is 44.2 Å². The molecular weight excluding hydrogens is 682 g/mol. The van der Waals surface area contributed by atoms with Gasteiger partial charge in [-0.3, -0.25) is 0 Å². The Balaban J connectivity index is 1.26. The Morgan fingerprint density at radius 2 is 1.20 bits per heavy atom. The Kier molecular flexibility index (Phi) is 7.56. The van der Waals surface area contributed by atoms with E-state index in [0.717, 1.165) is 34.3 Å². The van der Waals surface area contributed by atoms with Gasteiger partial charge in [0.25, 0.3) is 0 Å². The second-order valence-corrected chi connectivity index (χ2v) is 18.3. The van der Waals surface area contributed by atoms with Gasteiger partial charge in [-0.15, -0.1) is 0 Å². The minimum absolute atomic E-state index is 0.0338. The maximum absolute atomic E-state index is 16.9. The number of nitrogens with zero attached hydrogens (tertiary/aromatic N) is 1. The smallest absolute Gasteiger partial charge is 0.147 e. The summed E-state index contributed by atoms with van der Waals surface area (Å²) in [7, 11) is 0. The van der Waals surface area contributed by atoms with Gasteiger partial charge < -0.3 is 4.90 Å².